The maximum atomic E-state index is 12.7. The molecule has 1 aromatic rings. The zero-order valence-electron chi connectivity index (χ0n) is 12.3. The van der Waals surface area contributed by atoms with Crippen LogP contribution in [0.25, 0.3) is 0 Å². The summed E-state index contributed by atoms with van der Waals surface area (Å²) in [7, 11) is 1.72. The maximum Gasteiger partial charge on any atom is 0.317 e. The molecule has 0 aromatic carbocycles. The van der Waals surface area contributed by atoms with E-state index in [-0.39, 0.29) is 18.0 Å². The quantitative estimate of drug-likeness (QED) is 0.891. The van der Waals surface area contributed by atoms with Crippen LogP contribution in [0.5, 0.6) is 0 Å². The Morgan fingerprint density at radius 1 is 1.36 bits per heavy atom. The summed E-state index contributed by atoms with van der Waals surface area (Å²) in [4.78, 5) is 28.1. The van der Waals surface area contributed by atoms with Crippen molar-refractivity contribution in [3.8, 4) is 0 Å². The van der Waals surface area contributed by atoms with Gasteiger partial charge in [-0.3, -0.25) is 4.79 Å². The first-order valence-corrected chi connectivity index (χ1v) is 8.09. The van der Waals surface area contributed by atoms with Gasteiger partial charge in [-0.25, -0.2) is 4.79 Å². The second kappa shape index (κ2) is 6.01. The molecule has 0 bridgehead atoms. The lowest BCUT2D eigenvalue weighted by molar-refractivity contribution is 0.0625. The van der Waals surface area contributed by atoms with Gasteiger partial charge in [-0.2, -0.15) is 0 Å². The zero-order valence-corrected chi connectivity index (χ0v) is 13.8. The van der Waals surface area contributed by atoms with E-state index in [1.165, 1.54) is 0 Å². The summed E-state index contributed by atoms with van der Waals surface area (Å²) >= 11 is 12.0. The average Bonchev–Trinajstić information content (AvgIpc) is 3.06. The largest absolute Gasteiger partial charge is 0.336 e. The summed E-state index contributed by atoms with van der Waals surface area (Å²) in [6.07, 6.45) is 1.80. The van der Waals surface area contributed by atoms with Gasteiger partial charge in [0.2, 0.25) is 0 Å². The van der Waals surface area contributed by atoms with Gasteiger partial charge in [0.15, 0.2) is 0 Å². The highest BCUT2D eigenvalue weighted by molar-refractivity contribution is 6.41. The van der Waals surface area contributed by atoms with Gasteiger partial charge >= 0.3 is 6.03 Å². The van der Waals surface area contributed by atoms with Crippen LogP contribution >= 0.6 is 23.2 Å². The molecule has 1 N–H and O–H groups in total. The molecule has 1 aromatic heterocycles. The highest BCUT2D eigenvalue weighted by Crippen LogP contribution is 2.27. The van der Waals surface area contributed by atoms with Crippen LogP contribution in [0, 0.1) is 0 Å². The number of likely N-dealkylation sites (tertiary alicyclic amines) is 1. The molecule has 3 amide bonds. The Labute approximate surface area is 138 Å². The Morgan fingerprint density at radius 2 is 2.14 bits per heavy atom. The van der Waals surface area contributed by atoms with Gasteiger partial charge in [-0.05, 0) is 18.9 Å². The van der Waals surface area contributed by atoms with Gasteiger partial charge in [0.1, 0.15) is 10.8 Å². The Kier molecular flexibility index (Phi) is 4.23. The molecule has 8 heteroatoms. The standard InChI is InChI=1S/C14H18Cl2N4O2/c1-18-11(7-10(15)12(18)16)13(21)19-5-2-3-9(8-19)20-6-4-17-14(20)22/h7,9H,2-6,8H2,1H3,(H,17,22)/t9-/m0/s1. The molecule has 0 spiro atoms. The normalized spacial score (nSPS) is 22.1. The molecule has 2 aliphatic heterocycles. The molecule has 3 rings (SSSR count). The number of nitrogens with one attached hydrogen (secondary N) is 1. The first kappa shape index (κ1) is 15.5. The second-order valence-corrected chi connectivity index (χ2v) is 6.47. The number of hydrogen-bond donors (Lipinski definition) is 1. The lowest BCUT2D eigenvalue weighted by atomic mass is 10.0. The number of carbonyl (C=O) groups is 2. The molecule has 2 saturated heterocycles. The predicted octanol–water partition coefficient (Wildman–Crippen LogP) is 1.96. The number of rotatable bonds is 2. The van der Waals surface area contributed by atoms with Crippen molar-refractivity contribution in [2.45, 2.75) is 18.9 Å². The number of aromatic nitrogens is 1. The SMILES string of the molecule is Cn1c(C(=O)N2CCC[C@H](N3CCNC3=O)C2)cc(Cl)c1Cl. The van der Waals surface area contributed by atoms with E-state index in [1.807, 2.05) is 4.90 Å². The average molecular weight is 345 g/mol. The van der Waals surface area contributed by atoms with Crippen LogP contribution in [0.1, 0.15) is 23.3 Å². The molecule has 22 heavy (non-hydrogen) atoms. The number of hydrogen-bond acceptors (Lipinski definition) is 2. The summed E-state index contributed by atoms with van der Waals surface area (Å²) in [6.45, 7) is 2.61. The Hall–Kier alpha value is -1.40. The van der Waals surface area contributed by atoms with Crippen molar-refractivity contribution in [3.63, 3.8) is 0 Å². The van der Waals surface area contributed by atoms with Crippen molar-refractivity contribution < 1.29 is 9.59 Å². The zero-order chi connectivity index (χ0) is 15.9. The van der Waals surface area contributed by atoms with E-state index in [9.17, 15) is 9.59 Å². The summed E-state index contributed by atoms with van der Waals surface area (Å²) in [5.41, 5.74) is 0.474. The van der Waals surface area contributed by atoms with Gasteiger partial charge in [-0.15, -0.1) is 0 Å². The number of urea groups is 1. The van der Waals surface area contributed by atoms with Crippen LogP contribution in [0.15, 0.2) is 6.07 Å². The topological polar surface area (TPSA) is 57.6 Å². The van der Waals surface area contributed by atoms with Gasteiger partial charge < -0.3 is 19.7 Å². The van der Waals surface area contributed by atoms with Gasteiger partial charge in [-0.1, -0.05) is 23.2 Å². The minimum atomic E-state index is -0.0967. The van der Waals surface area contributed by atoms with Gasteiger partial charge in [0.05, 0.1) is 11.1 Å². The van der Waals surface area contributed by atoms with E-state index in [4.69, 9.17) is 23.2 Å². The van der Waals surface area contributed by atoms with E-state index < -0.39 is 0 Å². The monoisotopic (exact) mass is 344 g/mol. The van der Waals surface area contributed by atoms with Crippen LogP contribution in [-0.4, -0.2) is 58.5 Å². The molecule has 0 aliphatic carbocycles. The summed E-state index contributed by atoms with van der Waals surface area (Å²) in [5, 5.41) is 3.54. The van der Waals surface area contributed by atoms with Gasteiger partial charge in [0.25, 0.3) is 5.91 Å². The van der Waals surface area contributed by atoms with Crippen molar-refractivity contribution in [1.29, 1.82) is 0 Å². The van der Waals surface area contributed by atoms with E-state index in [2.05, 4.69) is 5.32 Å². The number of halogens is 2. The third-order valence-corrected chi connectivity index (χ3v) is 5.19. The van der Waals surface area contributed by atoms with E-state index >= 15 is 0 Å². The third kappa shape index (κ3) is 2.65. The number of piperidine rings is 1. The van der Waals surface area contributed by atoms with Crippen molar-refractivity contribution >= 4 is 35.1 Å². The predicted molar refractivity (Wildman–Crippen MR) is 84.5 cm³/mol. The van der Waals surface area contributed by atoms with Crippen LogP contribution in [0.2, 0.25) is 10.2 Å². The fourth-order valence-corrected chi connectivity index (χ4v) is 3.51. The third-order valence-electron chi connectivity index (χ3n) is 4.35. The van der Waals surface area contributed by atoms with E-state index in [0.717, 1.165) is 12.8 Å². The molecule has 0 radical (unpaired) electrons. The highest BCUT2D eigenvalue weighted by Gasteiger charge is 2.33. The minimum absolute atomic E-state index is 0.0377. The molecule has 0 saturated carbocycles. The van der Waals surface area contributed by atoms with Crippen LogP contribution < -0.4 is 5.32 Å². The molecule has 6 nitrogen and oxygen atoms in total. The lowest BCUT2D eigenvalue weighted by Crippen LogP contribution is -2.50. The molecule has 2 aliphatic rings. The first-order chi connectivity index (χ1) is 10.5. The fourth-order valence-electron chi connectivity index (χ4n) is 3.14. The summed E-state index contributed by atoms with van der Waals surface area (Å²) in [5.74, 6) is -0.0967. The number of amides is 3. The molecule has 2 fully saturated rings. The second-order valence-electron chi connectivity index (χ2n) is 5.70. The number of nitrogens with zero attached hydrogens (tertiary/aromatic N) is 3. The van der Waals surface area contributed by atoms with Crippen molar-refractivity contribution in [3.05, 3.63) is 21.9 Å². The van der Waals surface area contributed by atoms with Gasteiger partial charge in [0, 0.05) is 33.2 Å². The summed E-state index contributed by atoms with van der Waals surface area (Å²) in [6, 6.07) is 1.63. The van der Waals surface area contributed by atoms with E-state index in [1.54, 1.807) is 22.6 Å². The first-order valence-electron chi connectivity index (χ1n) is 7.33. The molecular formula is C14H18Cl2N4O2. The van der Waals surface area contributed by atoms with Crippen LogP contribution in [-0.2, 0) is 7.05 Å². The van der Waals surface area contributed by atoms with Crippen molar-refractivity contribution in [2.24, 2.45) is 7.05 Å². The highest BCUT2D eigenvalue weighted by atomic mass is 35.5. The Morgan fingerprint density at radius 3 is 2.73 bits per heavy atom. The van der Waals surface area contributed by atoms with E-state index in [0.29, 0.717) is 42.0 Å². The molecule has 1 atom stereocenters. The Balaban J connectivity index is 1.75. The Bertz CT molecular complexity index is 616. The minimum Gasteiger partial charge on any atom is -0.336 e. The smallest absolute Gasteiger partial charge is 0.317 e. The van der Waals surface area contributed by atoms with Crippen molar-refractivity contribution in [2.75, 3.05) is 26.2 Å². The molecule has 0 unspecified atom stereocenters. The van der Waals surface area contributed by atoms with Crippen LogP contribution in [0.3, 0.4) is 0 Å². The van der Waals surface area contributed by atoms with Crippen molar-refractivity contribution in [1.82, 2.24) is 19.7 Å². The van der Waals surface area contributed by atoms with Crippen LogP contribution in [0.4, 0.5) is 4.79 Å². The summed E-state index contributed by atoms with van der Waals surface area (Å²) < 4.78 is 1.60. The lowest BCUT2D eigenvalue weighted by Gasteiger charge is -2.37. The molecule has 3 heterocycles. The maximum absolute atomic E-state index is 12.7. The number of carbonyl (C=O) groups excluding carboxylic acids is 2. The molecule has 120 valence electrons. The fraction of sp³-hybridized carbons (Fsp3) is 0.571. The molecular weight excluding hydrogens is 327 g/mol.